The minimum atomic E-state index is -0.196. The lowest BCUT2D eigenvalue weighted by atomic mass is 9.63. The summed E-state index contributed by atoms with van der Waals surface area (Å²) in [5.74, 6) is 0.258. The molecule has 5 atom stereocenters. The topological polar surface area (TPSA) is 41.9 Å². The summed E-state index contributed by atoms with van der Waals surface area (Å²) in [4.78, 5) is 1.39. The molecule has 11 rings (SSSR count). The van der Waals surface area contributed by atoms with Crippen LogP contribution in [0.3, 0.4) is 0 Å². The Labute approximate surface area is 300 Å². The molecule has 6 aromatic carbocycles. The Morgan fingerprint density at radius 3 is 2.29 bits per heavy atom. The van der Waals surface area contributed by atoms with Gasteiger partial charge in [0.1, 0.15) is 6.17 Å². The normalized spacial score (nSPS) is 22.3. The molecular weight excluding hydrogens is 641 g/mol. The van der Waals surface area contributed by atoms with Gasteiger partial charge in [-0.3, -0.25) is 5.32 Å². The van der Waals surface area contributed by atoms with Gasteiger partial charge in [-0.15, -0.1) is 11.3 Å². The van der Waals surface area contributed by atoms with Crippen LogP contribution in [0.5, 0.6) is 0 Å². The molecule has 0 spiro atoms. The Morgan fingerprint density at radius 1 is 0.745 bits per heavy atom. The van der Waals surface area contributed by atoms with E-state index >= 15 is 0 Å². The van der Waals surface area contributed by atoms with Gasteiger partial charge in [0.2, 0.25) is 0 Å². The number of allylic oxidation sites excluding steroid dienone is 2. The molecule has 1 saturated heterocycles. The average molecular weight is 677 g/mol. The van der Waals surface area contributed by atoms with Crippen LogP contribution in [-0.2, 0) is 12.0 Å². The van der Waals surface area contributed by atoms with E-state index in [9.17, 15) is 0 Å². The molecule has 0 radical (unpaired) electrons. The number of nitrogens with zero attached hydrogens (tertiary/aromatic N) is 2. The quantitative estimate of drug-likeness (QED) is 0.172. The summed E-state index contributed by atoms with van der Waals surface area (Å²) in [5, 5.41) is 14.2. The summed E-state index contributed by atoms with van der Waals surface area (Å²) in [6.07, 6.45) is 9.72. The molecule has 3 heterocycles. The molecule has 246 valence electrons. The number of fused-ring (bicyclic) bond motifs is 11. The van der Waals surface area contributed by atoms with E-state index in [1.165, 1.54) is 75.4 Å². The van der Waals surface area contributed by atoms with E-state index in [0.717, 1.165) is 6.54 Å². The van der Waals surface area contributed by atoms with Crippen molar-refractivity contribution in [2.24, 2.45) is 0 Å². The molecule has 51 heavy (non-hydrogen) atoms. The number of benzene rings is 6. The lowest BCUT2D eigenvalue weighted by molar-refractivity contribution is 0.212. The van der Waals surface area contributed by atoms with Gasteiger partial charge in [0.25, 0.3) is 0 Å². The van der Waals surface area contributed by atoms with Crippen molar-refractivity contribution in [3.63, 3.8) is 0 Å². The number of hydrazine groups is 1. The molecule has 4 nitrogen and oxygen atoms in total. The lowest BCUT2D eigenvalue weighted by Gasteiger charge is -2.40. The van der Waals surface area contributed by atoms with Crippen molar-refractivity contribution in [1.29, 1.82) is 0 Å². The van der Waals surface area contributed by atoms with Gasteiger partial charge >= 0.3 is 0 Å². The number of nitrogens with one attached hydrogen (secondary N) is 2. The number of aromatic nitrogens is 1. The van der Waals surface area contributed by atoms with Crippen molar-refractivity contribution < 1.29 is 0 Å². The van der Waals surface area contributed by atoms with Crippen LogP contribution in [-0.4, -0.2) is 9.58 Å². The fourth-order valence-electron chi connectivity index (χ4n) is 8.98. The highest BCUT2D eigenvalue weighted by Gasteiger charge is 2.47. The van der Waals surface area contributed by atoms with E-state index in [2.05, 4.69) is 185 Å². The fraction of sp³-hybridized carbons (Fsp3) is 0.130. The largest absolute Gasteiger partial charge is 0.310 e. The van der Waals surface area contributed by atoms with Gasteiger partial charge in [0.15, 0.2) is 6.29 Å². The predicted octanol–water partition coefficient (Wildman–Crippen LogP) is 11.0. The van der Waals surface area contributed by atoms with Crippen molar-refractivity contribution in [2.75, 3.05) is 0 Å². The molecule has 2 aromatic heterocycles. The predicted molar refractivity (Wildman–Crippen MR) is 213 cm³/mol. The third kappa shape index (κ3) is 4.49. The van der Waals surface area contributed by atoms with Crippen LogP contribution in [0.2, 0.25) is 0 Å². The van der Waals surface area contributed by atoms with Crippen molar-refractivity contribution in [1.82, 2.24) is 20.3 Å². The molecule has 5 heteroatoms. The Morgan fingerprint density at radius 2 is 1.45 bits per heavy atom. The van der Waals surface area contributed by atoms with Gasteiger partial charge in [0.05, 0.1) is 5.52 Å². The lowest BCUT2D eigenvalue weighted by Crippen LogP contribution is -2.36. The Kier molecular flexibility index (Phi) is 6.41. The summed E-state index contributed by atoms with van der Waals surface area (Å²) in [6, 6.07) is 48.8. The van der Waals surface area contributed by atoms with Gasteiger partial charge in [-0.25, -0.2) is 5.43 Å². The zero-order valence-corrected chi connectivity index (χ0v) is 29.1. The maximum Gasteiger partial charge on any atom is 0.156 e. The van der Waals surface area contributed by atoms with Crippen LogP contribution in [0.25, 0.3) is 54.7 Å². The fourth-order valence-corrected chi connectivity index (χ4v) is 10.1. The first-order valence-electron chi connectivity index (χ1n) is 17.9. The van der Waals surface area contributed by atoms with Crippen LogP contribution in [0.15, 0.2) is 146 Å². The van der Waals surface area contributed by atoms with Gasteiger partial charge in [-0.1, -0.05) is 128 Å². The summed E-state index contributed by atoms with van der Waals surface area (Å²) in [6.45, 7) is 3.18. The maximum atomic E-state index is 4.04. The molecule has 0 amide bonds. The summed E-state index contributed by atoms with van der Waals surface area (Å²) in [7, 11) is 0. The van der Waals surface area contributed by atoms with Crippen molar-refractivity contribution in [3.05, 3.63) is 178 Å². The second kappa shape index (κ2) is 11.1. The molecule has 2 N–H and O–H groups in total. The molecule has 1 fully saturated rings. The van der Waals surface area contributed by atoms with Gasteiger partial charge in [-0.05, 0) is 85.6 Å². The summed E-state index contributed by atoms with van der Waals surface area (Å²) in [5.41, 5.74) is 11.5. The highest BCUT2D eigenvalue weighted by Crippen LogP contribution is 2.56. The van der Waals surface area contributed by atoms with Crippen molar-refractivity contribution >= 4 is 66.0 Å². The molecule has 2 aliphatic carbocycles. The maximum absolute atomic E-state index is 4.04. The number of rotatable bonds is 6. The Bertz CT molecular complexity index is 2750. The average Bonchev–Trinajstić information content (AvgIpc) is 3.76. The third-order valence-corrected chi connectivity index (χ3v) is 12.7. The highest BCUT2D eigenvalue weighted by atomic mass is 32.1. The van der Waals surface area contributed by atoms with E-state index in [4.69, 9.17) is 0 Å². The molecule has 0 bridgehead atoms. The third-order valence-electron chi connectivity index (χ3n) is 11.5. The van der Waals surface area contributed by atoms with Crippen LogP contribution in [0.4, 0.5) is 0 Å². The second-order valence-corrected chi connectivity index (χ2v) is 15.5. The van der Waals surface area contributed by atoms with Gasteiger partial charge < -0.3 is 4.57 Å². The van der Waals surface area contributed by atoms with Gasteiger partial charge in [0, 0.05) is 38.5 Å². The monoisotopic (exact) mass is 676 g/mol. The summed E-state index contributed by atoms with van der Waals surface area (Å²) < 4.78 is 3.91. The minimum absolute atomic E-state index is 0.0886. The number of hydrogen-bond acceptors (Lipinski definition) is 4. The van der Waals surface area contributed by atoms with E-state index in [-0.39, 0.29) is 23.8 Å². The molecule has 8 aromatic rings. The standard InChI is InChI=1S/C46H36N4S/c1-46-25-24-41-42(36-15-7-9-17-40(36)51-41)37(46)22-23-39-43(46)35-14-6-8-16-38(35)49(39)45(47-28-29-18-19-30-10-2-4-12-32(30)26-29)50-44(48-50)34-21-20-31-11-3-5-13-33(31)27-34/h2-27,37,44-45,47-48H,28H2,1H3/t37?,44?,45-,46?,50?/m0/s1. The van der Waals surface area contributed by atoms with Crippen LogP contribution < -0.4 is 10.7 Å². The zero-order chi connectivity index (χ0) is 33.7. The van der Waals surface area contributed by atoms with Crippen molar-refractivity contribution in [3.8, 4) is 0 Å². The van der Waals surface area contributed by atoms with E-state index in [1.807, 2.05) is 11.3 Å². The van der Waals surface area contributed by atoms with Crippen LogP contribution >= 0.6 is 11.3 Å². The Hall–Kier alpha value is -5.30. The first kappa shape index (κ1) is 29.4. The smallest absolute Gasteiger partial charge is 0.156 e. The number of para-hydroxylation sites is 1. The number of thiophene rings is 1. The van der Waals surface area contributed by atoms with Crippen LogP contribution in [0, 0.1) is 0 Å². The molecule has 1 aliphatic heterocycles. The highest BCUT2D eigenvalue weighted by molar-refractivity contribution is 7.20. The van der Waals surface area contributed by atoms with E-state index < -0.39 is 0 Å². The van der Waals surface area contributed by atoms with E-state index in [1.54, 1.807) is 0 Å². The molecular formula is C46H36N4S. The second-order valence-electron chi connectivity index (χ2n) is 14.5. The minimum Gasteiger partial charge on any atom is -0.310 e. The molecule has 0 saturated carbocycles. The number of hydrogen-bond donors (Lipinski definition) is 2. The first-order valence-corrected chi connectivity index (χ1v) is 18.7. The Balaban J connectivity index is 1.05. The van der Waals surface area contributed by atoms with Crippen LogP contribution in [0.1, 0.15) is 58.1 Å². The summed E-state index contributed by atoms with van der Waals surface area (Å²) >= 11 is 1.91. The molecule has 4 unspecified atom stereocenters. The first-order chi connectivity index (χ1) is 25.1. The molecule has 3 aliphatic rings. The van der Waals surface area contributed by atoms with Crippen molar-refractivity contribution in [2.45, 2.75) is 37.3 Å². The zero-order valence-electron chi connectivity index (χ0n) is 28.3. The SMILES string of the molecule is CC12C=Cc3sc4ccccc4c3C1C=Cc1c2c2ccccc2n1[C@H](NCc1ccc2ccccc2c1)N1NC1c1ccc2ccccc2c1. The van der Waals surface area contributed by atoms with E-state index in [0.29, 0.717) is 0 Å². The van der Waals surface area contributed by atoms with Gasteiger partial charge in [-0.2, -0.15) is 5.01 Å².